The van der Waals surface area contributed by atoms with Gasteiger partial charge in [-0.25, -0.2) is 4.39 Å². The van der Waals surface area contributed by atoms with Crippen molar-refractivity contribution in [2.24, 2.45) is 0 Å². The van der Waals surface area contributed by atoms with Crippen molar-refractivity contribution in [1.29, 1.82) is 0 Å². The van der Waals surface area contributed by atoms with Crippen LogP contribution in [0.2, 0.25) is 0 Å². The molecule has 0 bridgehead atoms. The molecule has 0 aromatic heterocycles. The number of carbonyl (C=O) groups is 1. The average Bonchev–Trinajstić information content (AvgIpc) is 3.14. The van der Waals surface area contributed by atoms with Crippen molar-refractivity contribution in [3.8, 4) is 0 Å². The number of amides is 1. The van der Waals surface area contributed by atoms with Crippen molar-refractivity contribution in [2.75, 3.05) is 49.5 Å². The lowest BCUT2D eigenvalue weighted by Crippen LogP contribution is -2.48. The molecule has 142 valence electrons. The van der Waals surface area contributed by atoms with Gasteiger partial charge in [-0.3, -0.25) is 14.9 Å². The first-order valence-electron chi connectivity index (χ1n) is 8.79. The first-order chi connectivity index (χ1) is 12.5. The highest BCUT2D eigenvalue weighted by Gasteiger charge is 2.27. The van der Waals surface area contributed by atoms with E-state index in [0.29, 0.717) is 45.0 Å². The van der Waals surface area contributed by atoms with Crippen LogP contribution in [0.5, 0.6) is 0 Å². The number of halogens is 1. The number of rotatable bonds is 5. The Bertz CT molecular complexity index is 686. The first kappa shape index (κ1) is 18.4. The number of ether oxygens (including phenoxy) is 1. The Morgan fingerprint density at radius 1 is 1.38 bits per heavy atom. The maximum atomic E-state index is 14.3. The molecule has 2 fully saturated rings. The van der Waals surface area contributed by atoms with Gasteiger partial charge in [0, 0.05) is 46.3 Å². The summed E-state index contributed by atoms with van der Waals surface area (Å²) in [4.78, 5) is 25.8. The lowest BCUT2D eigenvalue weighted by molar-refractivity contribution is -0.384. The lowest BCUT2D eigenvalue weighted by Gasteiger charge is -2.35. The summed E-state index contributed by atoms with van der Waals surface area (Å²) in [6, 6.07) is 2.45. The molecule has 2 saturated heterocycles. The number of anilines is 2. The average molecular weight is 366 g/mol. The smallest absolute Gasteiger partial charge is 0.295 e. The molecule has 0 radical (unpaired) electrons. The van der Waals surface area contributed by atoms with Crippen molar-refractivity contribution in [3.63, 3.8) is 0 Å². The van der Waals surface area contributed by atoms with Crippen molar-refractivity contribution in [1.82, 2.24) is 4.90 Å². The molecule has 2 heterocycles. The van der Waals surface area contributed by atoms with Gasteiger partial charge < -0.3 is 19.9 Å². The Morgan fingerprint density at radius 2 is 2.12 bits per heavy atom. The molecule has 1 unspecified atom stereocenters. The van der Waals surface area contributed by atoms with E-state index in [1.165, 1.54) is 13.0 Å². The third-order valence-corrected chi connectivity index (χ3v) is 4.87. The van der Waals surface area contributed by atoms with Crippen LogP contribution in [0.4, 0.5) is 21.5 Å². The van der Waals surface area contributed by atoms with Crippen molar-refractivity contribution >= 4 is 23.0 Å². The highest BCUT2D eigenvalue weighted by Crippen LogP contribution is 2.34. The summed E-state index contributed by atoms with van der Waals surface area (Å²) in [5.41, 5.74) is 0.339. The van der Waals surface area contributed by atoms with E-state index in [1.54, 1.807) is 4.90 Å². The predicted octanol–water partition coefficient (Wildman–Crippen LogP) is 1.99. The molecular weight excluding hydrogens is 343 g/mol. The molecule has 1 aromatic carbocycles. The summed E-state index contributed by atoms with van der Waals surface area (Å²) in [5.74, 6) is -0.669. The molecule has 1 amide bonds. The quantitative estimate of drug-likeness (QED) is 0.633. The monoisotopic (exact) mass is 366 g/mol. The summed E-state index contributed by atoms with van der Waals surface area (Å²) in [6.45, 7) is 4.59. The minimum atomic E-state index is -0.652. The molecule has 1 N–H and O–H groups in total. The highest BCUT2D eigenvalue weighted by molar-refractivity contribution is 5.74. The van der Waals surface area contributed by atoms with Crippen molar-refractivity contribution < 1.29 is 18.8 Å². The summed E-state index contributed by atoms with van der Waals surface area (Å²) < 4.78 is 19.8. The normalized spacial score (nSPS) is 20.3. The molecule has 0 spiro atoms. The van der Waals surface area contributed by atoms with E-state index >= 15 is 0 Å². The maximum Gasteiger partial charge on any atom is 0.295 e. The second-order valence-electron chi connectivity index (χ2n) is 6.59. The van der Waals surface area contributed by atoms with Crippen LogP contribution in [0.15, 0.2) is 12.1 Å². The van der Waals surface area contributed by atoms with E-state index in [9.17, 15) is 19.3 Å². The molecule has 0 saturated carbocycles. The van der Waals surface area contributed by atoms with Crippen LogP contribution in [0.3, 0.4) is 0 Å². The molecule has 8 nitrogen and oxygen atoms in total. The minimum absolute atomic E-state index is 0.0165. The standard InChI is InChI=1S/C17H23FN4O4/c1-12(23)20-4-6-21(7-5-20)16-10-15(14(18)9-17(16)22(24)25)19-11-13-3-2-8-26-13/h9-10,13,19H,2-8,11H2,1H3. The molecule has 2 aliphatic rings. The highest BCUT2D eigenvalue weighted by atomic mass is 19.1. The zero-order valence-corrected chi connectivity index (χ0v) is 14.7. The van der Waals surface area contributed by atoms with E-state index in [4.69, 9.17) is 4.74 Å². The number of nitro benzene ring substituents is 1. The second-order valence-corrected chi connectivity index (χ2v) is 6.59. The number of nitrogens with one attached hydrogen (secondary N) is 1. The third kappa shape index (κ3) is 4.04. The van der Waals surface area contributed by atoms with Gasteiger partial charge in [-0.2, -0.15) is 0 Å². The largest absolute Gasteiger partial charge is 0.380 e. The van der Waals surface area contributed by atoms with Crippen LogP contribution in [0, 0.1) is 15.9 Å². The van der Waals surface area contributed by atoms with Crippen molar-refractivity contribution in [2.45, 2.75) is 25.9 Å². The summed E-state index contributed by atoms with van der Waals surface area (Å²) in [6.07, 6.45) is 1.94. The first-order valence-corrected chi connectivity index (χ1v) is 8.79. The molecule has 1 aromatic rings. The predicted molar refractivity (Wildman–Crippen MR) is 95.0 cm³/mol. The second kappa shape index (κ2) is 7.86. The fourth-order valence-electron chi connectivity index (χ4n) is 3.38. The third-order valence-electron chi connectivity index (χ3n) is 4.87. The van der Waals surface area contributed by atoms with E-state index in [-0.39, 0.29) is 23.4 Å². The molecule has 1 atom stereocenters. The van der Waals surface area contributed by atoms with Crippen LogP contribution in [-0.4, -0.2) is 61.2 Å². The zero-order chi connectivity index (χ0) is 18.7. The van der Waals surface area contributed by atoms with Gasteiger partial charge >= 0.3 is 0 Å². The number of hydrogen-bond donors (Lipinski definition) is 1. The minimum Gasteiger partial charge on any atom is -0.380 e. The Kier molecular flexibility index (Phi) is 5.55. The molecule has 26 heavy (non-hydrogen) atoms. The molecular formula is C17H23FN4O4. The number of hydrogen-bond acceptors (Lipinski definition) is 6. The van der Waals surface area contributed by atoms with Crippen LogP contribution in [-0.2, 0) is 9.53 Å². The molecule has 0 aliphatic carbocycles. The van der Waals surface area contributed by atoms with Gasteiger partial charge in [-0.05, 0) is 18.9 Å². The number of piperazine rings is 1. The molecule has 2 aliphatic heterocycles. The number of carbonyl (C=O) groups excluding carboxylic acids is 1. The number of benzene rings is 1. The maximum absolute atomic E-state index is 14.3. The van der Waals surface area contributed by atoms with Gasteiger partial charge in [-0.1, -0.05) is 0 Å². The van der Waals surface area contributed by atoms with Gasteiger partial charge in [0.05, 0.1) is 22.8 Å². The topological polar surface area (TPSA) is 88.0 Å². The molecule has 9 heteroatoms. The number of nitro groups is 1. The Labute approximate surface area is 151 Å². The Balaban J connectivity index is 1.79. The van der Waals surface area contributed by atoms with Gasteiger partial charge in [0.1, 0.15) is 5.69 Å². The Morgan fingerprint density at radius 3 is 2.69 bits per heavy atom. The van der Waals surface area contributed by atoms with Crippen molar-refractivity contribution in [3.05, 3.63) is 28.1 Å². The van der Waals surface area contributed by atoms with Gasteiger partial charge in [-0.15, -0.1) is 0 Å². The number of nitrogens with zero attached hydrogens (tertiary/aromatic N) is 3. The Hall–Kier alpha value is -2.42. The lowest BCUT2D eigenvalue weighted by atomic mass is 10.1. The fraction of sp³-hybridized carbons (Fsp3) is 0.588. The fourth-order valence-corrected chi connectivity index (χ4v) is 3.38. The van der Waals surface area contributed by atoms with Gasteiger partial charge in [0.2, 0.25) is 5.91 Å². The molecule has 3 rings (SSSR count). The summed E-state index contributed by atoms with van der Waals surface area (Å²) in [7, 11) is 0. The van der Waals surface area contributed by atoms with E-state index in [2.05, 4.69) is 5.32 Å². The summed E-state index contributed by atoms with van der Waals surface area (Å²) in [5, 5.41) is 14.4. The zero-order valence-electron chi connectivity index (χ0n) is 14.7. The van der Waals surface area contributed by atoms with Crippen LogP contribution in [0.1, 0.15) is 19.8 Å². The van der Waals surface area contributed by atoms with E-state index in [1.807, 2.05) is 4.90 Å². The van der Waals surface area contributed by atoms with E-state index in [0.717, 1.165) is 18.9 Å². The van der Waals surface area contributed by atoms with Crippen LogP contribution < -0.4 is 10.2 Å². The van der Waals surface area contributed by atoms with Gasteiger partial charge in [0.15, 0.2) is 5.82 Å². The van der Waals surface area contributed by atoms with E-state index < -0.39 is 10.7 Å². The SMILES string of the molecule is CC(=O)N1CCN(c2cc(NCC3CCCO3)c(F)cc2[N+](=O)[O-])CC1. The van der Waals surface area contributed by atoms with Crippen LogP contribution in [0.25, 0.3) is 0 Å². The van der Waals surface area contributed by atoms with Gasteiger partial charge in [0.25, 0.3) is 5.69 Å². The van der Waals surface area contributed by atoms with Crippen LogP contribution >= 0.6 is 0 Å². The summed E-state index contributed by atoms with van der Waals surface area (Å²) >= 11 is 0.